The Morgan fingerprint density at radius 3 is 2.37 bits per heavy atom. The predicted molar refractivity (Wildman–Crippen MR) is 110 cm³/mol. The van der Waals surface area contributed by atoms with Crippen molar-refractivity contribution >= 4 is 34.2 Å². The van der Waals surface area contributed by atoms with E-state index < -0.39 is 27.9 Å². The van der Waals surface area contributed by atoms with Gasteiger partial charge in [0, 0.05) is 38.6 Å². The molecule has 12 heteroatoms. The molecule has 0 aromatic heterocycles. The topological polar surface area (TPSA) is 128 Å². The van der Waals surface area contributed by atoms with Crippen molar-refractivity contribution < 1.29 is 28.0 Å². The van der Waals surface area contributed by atoms with E-state index in [1.165, 1.54) is 31.4 Å². The van der Waals surface area contributed by atoms with Crippen molar-refractivity contribution in [3.63, 3.8) is 0 Å². The molecule has 2 amide bonds. The van der Waals surface area contributed by atoms with Crippen LogP contribution >= 0.6 is 12.4 Å². The van der Waals surface area contributed by atoms with Crippen LogP contribution in [0.5, 0.6) is 5.75 Å². The number of carbonyl (C=O) groups excluding carboxylic acids is 2. The minimum absolute atomic E-state index is 0. The van der Waals surface area contributed by atoms with Gasteiger partial charge in [-0.3, -0.25) is 14.8 Å². The smallest absolute Gasteiger partial charge is 0.261 e. The number of rotatable bonds is 5. The standard InChI is InChI=1S/C18H26N4O6S.ClH/c1-28-14-2-4-15(5-3-14)29(26,27)22-9-6-13(12-16(22)17(23)20-25)18(24)21-10-7-19-8-11-21;/h2-5,13,16,19,25H,6-12H2,1H3,(H,20,23);1H/t13-,16-;/m1./s1. The Labute approximate surface area is 182 Å². The number of methoxy groups -OCH3 is 1. The lowest BCUT2D eigenvalue weighted by molar-refractivity contribution is -0.141. The molecule has 0 unspecified atom stereocenters. The molecule has 2 aliphatic heterocycles. The minimum Gasteiger partial charge on any atom is -0.497 e. The number of sulfonamides is 1. The van der Waals surface area contributed by atoms with Crippen molar-refractivity contribution in [2.75, 3.05) is 39.8 Å². The summed E-state index contributed by atoms with van der Waals surface area (Å²) < 4.78 is 32.3. The van der Waals surface area contributed by atoms with E-state index in [1.807, 2.05) is 0 Å². The Kier molecular flexibility index (Phi) is 8.44. The molecule has 2 atom stereocenters. The summed E-state index contributed by atoms with van der Waals surface area (Å²) in [6.45, 7) is 2.59. The summed E-state index contributed by atoms with van der Waals surface area (Å²) >= 11 is 0. The van der Waals surface area contributed by atoms with Crippen LogP contribution in [0.4, 0.5) is 0 Å². The molecule has 3 rings (SSSR count). The van der Waals surface area contributed by atoms with Crippen LogP contribution in [-0.2, 0) is 19.6 Å². The summed E-state index contributed by atoms with van der Waals surface area (Å²) in [7, 11) is -2.52. The average molecular weight is 463 g/mol. The van der Waals surface area contributed by atoms with Crippen molar-refractivity contribution in [2.45, 2.75) is 23.8 Å². The van der Waals surface area contributed by atoms with E-state index in [2.05, 4.69) is 5.32 Å². The molecule has 3 N–H and O–H groups in total. The second kappa shape index (κ2) is 10.4. The number of benzene rings is 1. The molecule has 0 aliphatic carbocycles. The minimum atomic E-state index is -3.99. The van der Waals surface area contributed by atoms with Crippen molar-refractivity contribution in [3.8, 4) is 5.75 Å². The number of carbonyl (C=O) groups is 2. The van der Waals surface area contributed by atoms with Crippen molar-refractivity contribution in [1.29, 1.82) is 0 Å². The highest BCUT2D eigenvalue weighted by Gasteiger charge is 2.43. The molecule has 2 heterocycles. The zero-order valence-corrected chi connectivity index (χ0v) is 18.2. The maximum absolute atomic E-state index is 13.1. The number of halogens is 1. The molecule has 0 radical (unpaired) electrons. The first-order valence-corrected chi connectivity index (χ1v) is 10.9. The van der Waals surface area contributed by atoms with Gasteiger partial charge in [-0.2, -0.15) is 4.31 Å². The molecule has 2 saturated heterocycles. The monoisotopic (exact) mass is 462 g/mol. The van der Waals surface area contributed by atoms with Gasteiger partial charge in [-0.05, 0) is 37.1 Å². The van der Waals surface area contributed by atoms with Gasteiger partial charge in [0.25, 0.3) is 5.91 Å². The summed E-state index contributed by atoms with van der Waals surface area (Å²) in [5.74, 6) is -0.893. The van der Waals surface area contributed by atoms with Gasteiger partial charge in [0.1, 0.15) is 11.8 Å². The molecule has 2 aliphatic rings. The van der Waals surface area contributed by atoms with Crippen LogP contribution in [0.15, 0.2) is 29.2 Å². The van der Waals surface area contributed by atoms with Crippen molar-refractivity contribution in [1.82, 2.24) is 20.0 Å². The van der Waals surface area contributed by atoms with Crippen LogP contribution in [0.3, 0.4) is 0 Å². The molecule has 0 spiro atoms. The first kappa shape index (κ1) is 24.4. The fourth-order valence-corrected chi connectivity index (χ4v) is 5.41. The zero-order valence-electron chi connectivity index (χ0n) is 16.6. The van der Waals surface area contributed by atoms with Crippen molar-refractivity contribution in [3.05, 3.63) is 24.3 Å². The first-order valence-electron chi connectivity index (χ1n) is 9.48. The molecule has 168 valence electrons. The third-order valence-electron chi connectivity index (χ3n) is 5.41. The van der Waals surface area contributed by atoms with Crippen molar-refractivity contribution in [2.24, 2.45) is 5.92 Å². The van der Waals surface area contributed by atoms with Gasteiger partial charge in [-0.15, -0.1) is 12.4 Å². The van der Waals surface area contributed by atoms with E-state index in [0.717, 1.165) is 4.31 Å². The Balaban J connectivity index is 0.00000320. The van der Waals surface area contributed by atoms with E-state index in [0.29, 0.717) is 38.3 Å². The number of nitrogens with one attached hydrogen (secondary N) is 2. The summed E-state index contributed by atoms with van der Waals surface area (Å²) in [5, 5.41) is 12.3. The Morgan fingerprint density at radius 2 is 1.80 bits per heavy atom. The number of nitrogens with zero attached hydrogens (tertiary/aromatic N) is 2. The number of amides is 2. The fraction of sp³-hybridized carbons (Fsp3) is 0.556. The van der Waals surface area contributed by atoms with E-state index in [9.17, 15) is 18.0 Å². The Morgan fingerprint density at radius 1 is 1.17 bits per heavy atom. The summed E-state index contributed by atoms with van der Waals surface area (Å²) in [6.07, 6.45) is 0.331. The first-order chi connectivity index (χ1) is 13.9. The third kappa shape index (κ3) is 5.03. The van der Waals surface area contributed by atoms with Gasteiger partial charge in [-0.1, -0.05) is 0 Å². The normalized spacial score (nSPS) is 22.7. The molecular weight excluding hydrogens is 436 g/mol. The largest absolute Gasteiger partial charge is 0.497 e. The maximum atomic E-state index is 13.1. The van der Waals surface area contributed by atoms with Gasteiger partial charge in [0.15, 0.2) is 0 Å². The van der Waals surface area contributed by atoms with Gasteiger partial charge in [0.2, 0.25) is 15.9 Å². The number of ether oxygens (including phenoxy) is 1. The van der Waals surface area contributed by atoms with E-state index in [1.54, 1.807) is 10.4 Å². The SMILES string of the molecule is COc1ccc(S(=O)(=O)N2CC[C@@H](C(=O)N3CCNCC3)C[C@@H]2C(=O)NO)cc1.Cl. The number of hydrogen-bond acceptors (Lipinski definition) is 7. The molecule has 1 aromatic carbocycles. The highest BCUT2D eigenvalue weighted by atomic mass is 35.5. The van der Waals surface area contributed by atoms with Crippen LogP contribution in [0.1, 0.15) is 12.8 Å². The lowest BCUT2D eigenvalue weighted by Gasteiger charge is -2.39. The summed E-state index contributed by atoms with van der Waals surface area (Å²) in [4.78, 5) is 26.9. The Hall–Kier alpha value is -1.92. The van der Waals surface area contributed by atoms with Crippen LogP contribution < -0.4 is 15.5 Å². The lowest BCUT2D eigenvalue weighted by atomic mass is 9.90. The zero-order chi connectivity index (χ0) is 21.0. The Bertz CT molecular complexity index is 845. The lowest BCUT2D eigenvalue weighted by Crippen LogP contribution is -2.56. The van der Waals surface area contributed by atoms with Gasteiger partial charge in [-0.25, -0.2) is 13.9 Å². The number of hydroxylamine groups is 1. The summed E-state index contributed by atoms with van der Waals surface area (Å²) in [5.41, 5.74) is 1.55. The molecular formula is C18H27ClN4O6S. The van der Waals surface area contributed by atoms with E-state index in [4.69, 9.17) is 9.94 Å². The second-order valence-corrected chi connectivity index (χ2v) is 8.97. The second-order valence-electron chi connectivity index (χ2n) is 7.08. The van der Waals surface area contributed by atoms with Crippen LogP contribution in [0.25, 0.3) is 0 Å². The third-order valence-corrected chi connectivity index (χ3v) is 7.33. The molecule has 1 aromatic rings. The molecule has 10 nitrogen and oxygen atoms in total. The fourth-order valence-electron chi connectivity index (χ4n) is 3.79. The predicted octanol–water partition coefficient (Wildman–Crippen LogP) is -0.176. The average Bonchev–Trinajstić information content (AvgIpc) is 2.78. The number of piperidine rings is 1. The van der Waals surface area contributed by atoms with Crippen LogP contribution in [0.2, 0.25) is 0 Å². The van der Waals surface area contributed by atoms with Gasteiger partial charge < -0.3 is 15.0 Å². The van der Waals surface area contributed by atoms with E-state index >= 15 is 0 Å². The number of hydrogen-bond donors (Lipinski definition) is 3. The van der Waals surface area contributed by atoms with Crippen LogP contribution in [-0.4, -0.2) is 80.5 Å². The highest BCUT2D eigenvalue weighted by Crippen LogP contribution is 2.30. The molecule has 0 bridgehead atoms. The number of piperazine rings is 1. The highest BCUT2D eigenvalue weighted by molar-refractivity contribution is 7.89. The van der Waals surface area contributed by atoms with Gasteiger partial charge in [0.05, 0.1) is 12.0 Å². The van der Waals surface area contributed by atoms with Crippen LogP contribution in [0, 0.1) is 5.92 Å². The van der Waals surface area contributed by atoms with Gasteiger partial charge >= 0.3 is 0 Å². The molecule has 0 saturated carbocycles. The summed E-state index contributed by atoms with van der Waals surface area (Å²) in [6, 6.07) is 4.68. The molecule has 2 fully saturated rings. The molecule has 30 heavy (non-hydrogen) atoms. The maximum Gasteiger partial charge on any atom is 0.261 e. The van der Waals surface area contributed by atoms with E-state index in [-0.39, 0.29) is 36.2 Å². The quantitative estimate of drug-likeness (QED) is 0.409.